The van der Waals surface area contributed by atoms with Crippen molar-refractivity contribution >= 4 is 11.6 Å². The molecule has 0 radical (unpaired) electrons. The molecule has 0 bridgehead atoms. The number of hydrogen-bond donors (Lipinski definition) is 0. The van der Waals surface area contributed by atoms with E-state index in [1.807, 2.05) is 12.1 Å². The molecule has 0 atom stereocenters. The lowest BCUT2D eigenvalue weighted by Crippen LogP contribution is -2.03. The number of benzene rings is 1. The molecular weight excluding hydrogens is 277 g/mol. The van der Waals surface area contributed by atoms with E-state index in [1.165, 1.54) is 12.1 Å². The van der Waals surface area contributed by atoms with Crippen LogP contribution in [0.1, 0.15) is 11.1 Å². The number of hydrogen-bond acceptors (Lipinski definition) is 2. The van der Waals surface area contributed by atoms with Crippen LogP contribution in [-0.2, 0) is 6.42 Å². The minimum absolute atomic E-state index is 0.200. The molecule has 2 nitrogen and oxygen atoms in total. The zero-order valence-electron chi connectivity index (χ0n) is 10.8. The Morgan fingerprint density at radius 3 is 2.95 bits per heavy atom. The first-order valence-electron chi connectivity index (χ1n) is 6.15. The largest absolute Gasteiger partial charge is 0.492 e. The predicted molar refractivity (Wildman–Crippen MR) is 77.4 cm³/mol. The number of aromatic nitrogens is 1. The van der Waals surface area contributed by atoms with E-state index in [1.54, 1.807) is 18.5 Å². The van der Waals surface area contributed by atoms with E-state index in [9.17, 15) is 4.39 Å². The van der Waals surface area contributed by atoms with Gasteiger partial charge in [0, 0.05) is 18.8 Å². The summed E-state index contributed by atoms with van der Waals surface area (Å²) in [5.41, 5.74) is 1.60. The van der Waals surface area contributed by atoms with Gasteiger partial charge in [-0.2, -0.15) is 0 Å². The highest BCUT2D eigenvalue weighted by Crippen LogP contribution is 2.19. The van der Waals surface area contributed by atoms with Crippen molar-refractivity contribution in [3.63, 3.8) is 0 Å². The Morgan fingerprint density at radius 1 is 1.30 bits per heavy atom. The van der Waals surface area contributed by atoms with Crippen LogP contribution in [-0.4, -0.2) is 17.5 Å². The van der Waals surface area contributed by atoms with Crippen molar-refractivity contribution in [2.24, 2.45) is 0 Å². The van der Waals surface area contributed by atoms with Crippen molar-refractivity contribution in [3.8, 4) is 17.6 Å². The van der Waals surface area contributed by atoms with Crippen LogP contribution in [0.2, 0.25) is 0 Å². The third kappa shape index (κ3) is 4.25. The van der Waals surface area contributed by atoms with Gasteiger partial charge < -0.3 is 4.74 Å². The minimum Gasteiger partial charge on any atom is -0.492 e. The maximum atomic E-state index is 13.2. The number of alkyl halides is 1. The lowest BCUT2D eigenvalue weighted by molar-refractivity contribution is 0.320. The number of halogens is 2. The molecule has 0 saturated heterocycles. The average molecular weight is 290 g/mol. The summed E-state index contributed by atoms with van der Waals surface area (Å²) in [7, 11) is 0. The summed E-state index contributed by atoms with van der Waals surface area (Å²) in [5, 5.41) is 0. The molecule has 1 aromatic carbocycles. The summed E-state index contributed by atoms with van der Waals surface area (Å²) in [6.07, 6.45) is 4.25. The third-order valence-corrected chi connectivity index (χ3v) is 2.74. The molecule has 2 rings (SSSR count). The summed E-state index contributed by atoms with van der Waals surface area (Å²) in [4.78, 5) is 4.04. The van der Waals surface area contributed by atoms with Gasteiger partial charge in [-0.1, -0.05) is 17.9 Å². The van der Waals surface area contributed by atoms with Crippen LogP contribution in [0.5, 0.6) is 5.75 Å². The van der Waals surface area contributed by atoms with E-state index >= 15 is 0 Å². The van der Waals surface area contributed by atoms with Crippen LogP contribution >= 0.6 is 11.6 Å². The van der Waals surface area contributed by atoms with E-state index in [4.69, 9.17) is 16.3 Å². The lowest BCUT2D eigenvalue weighted by atomic mass is 10.2. The van der Waals surface area contributed by atoms with Gasteiger partial charge in [0.25, 0.3) is 0 Å². The molecule has 0 aliphatic rings. The molecule has 0 saturated carbocycles. The standard InChI is InChI=1S/C16H13ClFNO/c17-8-1-4-14-11-15(18)5-6-16(14)20-10-7-13-3-2-9-19-12-13/h2-3,5-6,9,11-12H,7-8,10H2. The van der Waals surface area contributed by atoms with Crippen LogP contribution in [0.15, 0.2) is 42.7 Å². The second-order valence-corrected chi connectivity index (χ2v) is 4.30. The lowest BCUT2D eigenvalue weighted by Gasteiger charge is -2.08. The van der Waals surface area contributed by atoms with E-state index in [-0.39, 0.29) is 11.7 Å². The molecule has 1 heterocycles. The fourth-order valence-electron chi connectivity index (χ4n) is 1.68. The van der Waals surface area contributed by atoms with Crippen molar-refractivity contribution in [3.05, 3.63) is 59.7 Å². The molecule has 4 heteroatoms. The smallest absolute Gasteiger partial charge is 0.135 e. The highest BCUT2D eigenvalue weighted by Gasteiger charge is 2.03. The van der Waals surface area contributed by atoms with Gasteiger partial charge in [-0.05, 0) is 29.8 Å². The van der Waals surface area contributed by atoms with Gasteiger partial charge in [0.15, 0.2) is 0 Å². The van der Waals surface area contributed by atoms with Gasteiger partial charge in [-0.3, -0.25) is 4.98 Å². The zero-order valence-corrected chi connectivity index (χ0v) is 11.5. The first-order valence-corrected chi connectivity index (χ1v) is 6.69. The van der Waals surface area contributed by atoms with Crippen molar-refractivity contribution in [2.75, 3.05) is 12.5 Å². The highest BCUT2D eigenvalue weighted by atomic mass is 35.5. The summed E-state index contributed by atoms with van der Waals surface area (Å²) >= 11 is 5.51. The molecule has 0 amide bonds. The molecule has 0 spiro atoms. The predicted octanol–water partition coefficient (Wildman–Crippen LogP) is 3.43. The summed E-state index contributed by atoms with van der Waals surface area (Å²) in [5.74, 6) is 5.91. The van der Waals surface area contributed by atoms with Crippen molar-refractivity contribution in [1.29, 1.82) is 0 Å². The van der Waals surface area contributed by atoms with Crippen molar-refractivity contribution in [2.45, 2.75) is 6.42 Å². The molecule has 1 aromatic heterocycles. The Labute approximate surface area is 122 Å². The van der Waals surface area contributed by atoms with Crippen molar-refractivity contribution in [1.82, 2.24) is 4.98 Å². The van der Waals surface area contributed by atoms with E-state index < -0.39 is 0 Å². The Bertz CT molecular complexity index is 619. The van der Waals surface area contributed by atoms with Gasteiger partial charge in [0.1, 0.15) is 11.6 Å². The van der Waals surface area contributed by atoms with Crippen LogP contribution in [0.3, 0.4) is 0 Å². The Morgan fingerprint density at radius 2 is 2.20 bits per heavy atom. The zero-order chi connectivity index (χ0) is 14.2. The molecule has 0 N–H and O–H groups in total. The number of nitrogens with zero attached hydrogens (tertiary/aromatic N) is 1. The maximum absolute atomic E-state index is 13.2. The van der Waals surface area contributed by atoms with Gasteiger partial charge in [-0.25, -0.2) is 4.39 Å². The third-order valence-electron chi connectivity index (χ3n) is 2.60. The topological polar surface area (TPSA) is 22.1 Å². The van der Waals surface area contributed by atoms with Crippen LogP contribution in [0.4, 0.5) is 4.39 Å². The second-order valence-electron chi connectivity index (χ2n) is 4.04. The van der Waals surface area contributed by atoms with Crippen LogP contribution < -0.4 is 4.74 Å². The molecule has 20 heavy (non-hydrogen) atoms. The quantitative estimate of drug-likeness (QED) is 0.635. The summed E-state index contributed by atoms with van der Waals surface area (Å²) < 4.78 is 18.9. The van der Waals surface area contributed by atoms with E-state index in [0.29, 0.717) is 17.9 Å². The number of pyridine rings is 1. The van der Waals surface area contributed by atoms with Gasteiger partial charge >= 0.3 is 0 Å². The number of ether oxygens (including phenoxy) is 1. The second kappa shape index (κ2) is 7.52. The molecule has 2 aromatic rings. The van der Waals surface area contributed by atoms with Gasteiger partial charge in [0.2, 0.25) is 0 Å². The Balaban J connectivity index is 2.02. The van der Waals surface area contributed by atoms with Gasteiger partial charge in [-0.15, -0.1) is 11.6 Å². The summed E-state index contributed by atoms with van der Waals surface area (Å²) in [6, 6.07) is 8.14. The maximum Gasteiger partial charge on any atom is 0.135 e. The minimum atomic E-state index is -0.344. The first kappa shape index (κ1) is 14.4. The SMILES string of the molecule is Fc1ccc(OCCc2cccnc2)c(C#CCCl)c1. The Kier molecular flexibility index (Phi) is 5.40. The molecule has 0 aliphatic carbocycles. The first-order chi connectivity index (χ1) is 9.79. The molecule has 0 unspecified atom stereocenters. The van der Waals surface area contributed by atoms with E-state index in [2.05, 4.69) is 16.8 Å². The van der Waals surface area contributed by atoms with Crippen LogP contribution in [0, 0.1) is 17.7 Å². The molecule has 102 valence electrons. The van der Waals surface area contributed by atoms with Crippen molar-refractivity contribution < 1.29 is 9.13 Å². The fourth-order valence-corrected chi connectivity index (χ4v) is 1.75. The Hall–Kier alpha value is -2.05. The number of rotatable bonds is 4. The summed E-state index contributed by atoms with van der Waals surface area (Å²) in [6.45, 7) is 0.479. The fraction of sp³-hybridized carbons (Fsp3) is 0.188. The normalized spacial score (nSPS) is 9.70. The van der Waals surface area contributed by atoms with Gasteiger partial charge in [0.05, 0.1) is 18.1 Å². The van der Waals surface area contributed by atoms with E-state index in [0.717, 1.165) is 12.0 Å². The van der Waals surface area contributed by atoms with Crippen LogP contribution in [0.25, 0.3) is 0 Å². The average Bonchev–Trinajstić information content (AvgIpc) is 2.48. The molecule has 0 fully saturated rings. The monoisotopic (exact) mass is 289 g/mol. The molecule has 0 aliphatic heterocycles. The highest BCUT2D eigenvalue weighted by molar-refractivity contribution is 6.19. The molecular formula is C16H13ClFNO.